The molecule has 0 bridgehead atoms. The molecule has 11 heteroatoms. The van der Waals surface area contributed by atoms with Gasteiger partial charge in [-0.25, -0.2) is 18.7 Å². The van der Waals surface area contributed by atoms with E-state index in [-0.39, 0.29) is 5.69 Å². The first-order valence-electron chi connectivity index (χ1n) is 8.52. The molecule has 3 aromatic rings. The van der Waals surface area contributed by atoms with Crippen LogP contribution in [-0.2, 0) is 15.7 Å². The molecule has 0 radical (unpaired) electrons. The fourth-order valence-electron chi connectivity index (χ4n) is 2.95. The van der Waals surface area contributed by atoms with Crippen molar-refractivity contribution in [2.75, 3.05) is 14.2 Å². The molecule has 0 amide bonds. The van der Waals surface area contributed by atoms with Gasteiger partial charge in [-0.1, -0.05) is 29.8 Å². The first-order valence-corrected chi connectivity index (χ1v) is 8.90. The largest absolute Gasteiger partial charge is 0.465 e. The predicted molar refractivity (Wildman–Crippen MR) is 102 cm³/mol. The van der Waals surface area contributed by atoms with Crippen molar-refractivity contribution in [1.82, 2.24) is 9.78 Å². The van der Waals surface area contributed by atoms with Crippen LogP contribution in [0.15, 0.2) is 42.5 Å². The number of hydrogen-bond donors (Lipinski definition) is 0. The minimum Gasteiger partial charge on any atom is -0.465 e. The molecule has 0 saturated heterocycles. The third kappa shape index (κ3) is 3.98. The van der Waals surface area contributed by atoms with Crippen molar-refractivity contribution in [3.8, 4) is 16.9 Å². The zero-order chi connectivity index (χ0) is 22.9. The van der Waals surface area contributed by atoms with Crippen LogP contribution in [0.25, 0.3) is 16.9 Å². The first kappa shape index (κ1) is 22.3. The van der Waals surface area contributed by atoms with Gasteiger partial charge in [0.25, 0.3) is 0 Å². The Morgan fingerprint density at radius 3 is 2.16 bits per heavy atom. The first-order chi connectivity index (χ1) is 14.6. The van der Waals surface area contributed by atoms with Crippen molar-refractivity contribution in [3.63, 3.8) is 0 Å². The van der Waals surface area contributed by atoms with Crippen molar-refractivity contribution < 1.29 is 36.6 Å². The van der Waals surface area contributed by atoms with Crippen LogP contribution in [0.5, 0.6) is 0 Å². The third-order valence-electron chi connectivity index (χ3n) is 4.29. The number of esters is 2. The average Bonchev–Trinajstić information content (AvgIpc) is 3.14. The van der Waals surface area contributed by atoms with E-state index >= 15 is 0 Å². The molecular weight excluding hydrogens is 444 g/mol. The van der Waals surface area contributed by atoms with E-state index in [2.05, 4.69) is 14.6 Å². The van der Waals surface area contributed by atoms with E-state index in [0.717, 1.165) is 25.0 Å². The van der Waals surface area contributed by atoms with Gasteiger partial charge in [0.05, 0.1) is 36.1 Å². The lowest BCUT2D eigenvalue weighted by Crippen LogP contribution is -2.16. The fraction of sp³-hybridized carbons (Fsp3) is 0.150. The van der Waals surface area contributed by atoms with E-state index in [1.807, 2.05) is 0 Å². The van der Waals surface area contributed by atoms with Crippen molar-refractivity contribution >= 4 is 23.5 Å². The number of para-hydroxylation sites is 1. The molecule has 0 N–H and O–H groups in total. The van der Waals surface area contributed by atoms with Crippen LogP contribution in [0.2, 0.25) is 5.02 Å². The second kappa shape index (κ2) is 8.38. The number of halogens is 5. The topological polar surface area (TPSA) is 70.4 Å². The molecule has 0 aliphatic carbocycles. The summed E-state index contributed by atoms with van der Waals surface area (Å²) in [5.41, 5.74) is -4.35. The van der Waals surface area contributed by atoms with E-state index in [4.69, 9.17) is 11.6 Å². The van der Waals surface area contributed by atoms with Crippen molar-refractivity contribution in [2.24, 2.45) is 0 Å². The zero-order valence-electron chi connectivity index (χ0n) is 16.0. The Bertz CT molecular complexity index is 1160. The van der Waals surface area contributed by atoms with Gasteiger partial charge >= 0.3 is 18.1 Å². The highest BCUT2D eigenvalue weighted by molar-refractivity contribution is 6.31. The Balaban J connectivity index is 2.51. The monoisotopic (exact) mass is 456 g/mol. The van der Waals surface area contributed by atoms with Crippen LogP contribution in [0, 0.1) is 5.82 Å². The number of alkyl halides is 3. The number of nitrogens with zero attached hydrogens (tertiary/aromatic N) is 2. The second-order valence-corrected chi connectivity index (χ2v) is 6.49. The van der Waals surface area contributed by atoms with Crippen LogP contribution in [0.3, 0.4) is 0 Å². The molecule has 6 nitrogen and oxygen atoms in total. The summed E-state index contributed by atoms with van der Waals surface area (Å²) in [6, 6.07) is 9.02. The van der Waals surface area contributed by atoms with Crippen molar-refractivity contribution in [3.05, 3.63) is 70.1 Å². The summed E-state index contributed by atoms with van der Waals surface area (Å²) < 4.78 is 66.1. The maximum Gasteiger partial charge on any atom is 0.417 e. The van der Waals surface area contributed by atoms with Crippen molar-refractivity contribution in [1.29, 1.82) is 0 Å². The Labute approximate surface area is 177 Å². The fourth-order valence-corrected chi connectivity index (χ4v) is 3.11. The molecule has 2 aromatic carbocycles. The van der Waals surface area contributed by atoms with Gasteiger partial charge in [0.2, 0.25) is 0 Å². The van der Waals surface area contributed by atoms with Gasteiger partial charge in [0.1, 0.15) is 11.3 Å². The predicted octanol–water partition coefficient (Wildman–Crippen LogP) is 4.92. The normalized spacial score (nSPS) is 11.3. The Morgan fingerprint density at radius 1 is 1.00 bits per heavy atom. The molecule has 1 heterocycles. The third-order valence-corrected chi connectivity index (χ3v) is 4.58. The Morgan fingerprint density at radius 2 is 1.61 bits per heavy atom. The number of methoxy groups -OCH3 is 2. The summed E-state index contributed by atoms with van der Waals surface area (Å²) in [4.78, 5) is 25.0. The lowest BCUT2D eigenvalue weighted by atomic mass is 9.99. The molecule has 0 fully saturated rings. The van der Waals surface area contributed by atoms with Gasteiger partial charge in [-0.15, -0.1) is 0 Å². The molecule has 0 unspecified atom stereocenters. The quantitative estimate of drug-likeness (QED) is 0.411. The van der Waals surface area contributed by atoms with Gasteiger partial charge in [0.15, 0.2) is 11.5 Å². The van der Waals surface area contributed by atoms with Gasteiger partial charge in [-0.3, -0.25) is 0 Å². The number of ether oxygens (including phenoxy) is 2. The highest BCUT2D eigenvalue weighted by Crippen LogP contribution is 2.42. The zero-order valence-corrected chi connectivity index (χ0v) is 16.7. The molecule has 0 atom stereocenters. The number of hydrogen-bond acceptors (Lipinski definition) is 5. The standard InChI is InChI=1S/C20H13ClF4N2O4/c1-30-18(28)14-16(13-11(20(23,24)25)8-9-12(21)15(13)22)26-27(17(14)19(29)31-2)10-6-4-3-5-7-10/h3-9H,1-2H3. The molecule has 162 valence electrons. The highest BCUT2D eigenvalue weighted by Gasteiger charge is 2.40. The maximum atomic E-state index is 14.9. The molecular formula is C20H13ClF4N2O4. The summed E-state index contributed by atoms with van der Waals surface area (Å²) in [5.74, 6) is -3.78. The van der Waals surface area contributed by atoms with Crippen LogP contribution in [0.4, 0.5) is 17.6 Å². The Kier molecular flexibility index (Phi) is 6.03. The number of aromatic nitrogens is 2. The summed E-state index contributed by atoms with van der Waals surface area (Å²) in [6.45, 7) is 0. The number of benzene rings is 2. The van der Waals surface area contributed by atoms with Gasteiger partial charge < -0.3 is 9.47 Å². The molecule has 0 aliphatic rings. The number of carbonyl (C=O) groups excluding carboxylic acids is 2. The number of rotatable bonds is 4. The maximum absolute atomic E-state index is 14.9. The molecule has 0 aliphatic heterocycles. The van der Waals surface area contributed by atoms with Crippen molar-refractivity contribution in [2.45, 2.75) is 6.18 Å². The minimum atomic E-state index is -5.02. The number of carbonyl (C=O) groups is 2. The SMILES string of the molecule is COC(=O)c1c(-c2c(C(F)(F)F)ccc(Cl)c2F)nn(-c2ccccc2)c1C(=O)OC. The highest BCUT2D eigenvalue weighted by atomic mass is 35.5. The summed E-state index contributed by atoms with van der Waals surface area (Å²) >= 11 is 5.72. The van der Waals surface area contributed by atoms with Crippen LogP contribution in [0.1, 0.15) is 26.4 Å². The van der Waals surface area contributed by atoms with E-state index < -0.39 is 57.0 Å². The second-order valence-electron chi connectivity index (χ2n) is 6.08. The molecule has 31 heavy (non-hydrogen) atoms. The minimum absolute atomic E-state index is 0.204. The van der Waals surface area contributed by atoms with E-state index in [1.165, 1.54) is 12.1 Å². The molecule has 3 rings (SSSR count). The molecule has 0 spiro atoms. The Hall–Kier alpha value is -3.40. The van der Waals surface area contributed by atoms with E-state index in [1.54, 1.807) is 18.2 Å². The summed E-state index contributed by atoms with van der Waals surface area (Å²) in [7, 11) is 1.96. The van der Waals surface area contributed by atoms with Crippen LogP contribution < -0.4 is 0 Å². The smallest absolute Gasteiger partial charge is 0.417 e. The van der Waals surface area contributed by atoms with E-state index in [9.17, 15) is 27.2 Å². The molecule has 1 aromatic heterocycles. The lowest BCUT2D eigenvalue weighted by molar-refractivity contribution is -0.137. The molecule has 0 saturated carbocycles. The van der Waals surface area contributed by atoms with Gasteiger partial charge in [-0.05, 0) is 24.3 Å². The van der Waals surface area contributed by atoms with Gasteiger partial charge in [0, 0.05) is 0 Å². The van der Waals surface area contributed by atoms with Crippen LogP contribution >= 0.6 is 11.6 Å². The van der Waals surface area contributed by atoms with Gasteiger partial charge in [-0.2, -0.15) is 18.3 Å². The summed E-state index contributed by atoms with van der Waals surface area (Å²) in [5, 5.41) is 3.35. The lowest BCUT2D eigenvalue weighted by Gasteiger charge is -2.14. The van der Waals surface area contributed by atoms with E-state index in [0.29, 0.717) is 6.07 Å². The van der Waals surface area contributed by atoms with Crippen LogP contribution in [-0.4, -0.2) is 35.9 Å². The average molecular weight is 457 g/mol. The summed E-state index contributed by atoms with van der Waals surface area (Å²) in [6.07, 6.45) is -5.02.